The topological polar surface area (TPSA) is 98.1 Å². The fourth-order valence-electron chi connectivity index (χ4n) is 3.93. The number of nitrogen functional groups attached to an aromatic ring is 1. The van der Waals surface area contributed by atoms with Crippen molar-refractivity contribution in [3.63, 3.8) is 0 Å². The molecule has 8 heteroatoms. The van der Waals surface area contributed by atoms with Gasteiger partial charge in [-0.05, 0) is 43.2 Å². The van der Waals surface area contributed by atoms with Gasteiger partial charge in [-0.3, -0.25) is 9.78 Å². The van der Waals surface area contributed by atoms with E-state index in [0.717, 1.165) is 42.8 Å². The van der Waals surface area contributed by atoms with Crippen LogP contribution in [-0.4, -0.2) is 34.9 Å². The summed E-state index contributed by atoms with van der Waals surface area (Å²) in [7, 11) is 0. The molecule has 3 heterocycles. The minimum absolute atomic E-state index is 0.00924. The quantitative estimate of drug-likeness (QED) is 0.611. The van der Waals surface area contributed by atoms with Gasteiger partial charge in [0.05, 0.1) is 16.9 Å². The number of rotatable bonds is 5. The third-order valence-corrected chi connectivity index (χ3v) is 5.44. The number of hydrogen-bond acceptors (Lipinski definition) is 6. The summed E-state index contributed by atoms with van der Waals surface area (Å²) in [5.74, 6) is -1.87. The van der Waals surface area contributed by atoms with Crippen molar-refractivity contribution in [3.8, 4) is 11.3 Å². The van der Waals surface area contributed by atoms with E-state index in [9.17, 15) is 13.6 Å². The summed E-state index contributed by atoms with van der Waals surface area (Å²) < 4.78 is 28.4. The number of pyridine rings is 2. The van der Waals surface area contributed by atoms with Crippen molar-refractivity contribution in [3.05, 3.63) is 71.7 Å². The summed E-state index contributed by atoms with van der Waals surface area (Å²) >= 11 is 0. The van der Waals surface area contributed by atoms with Crippen LogP contribution in [0.4, 0.5) is 20.2 Å². The Bertz CT molecular complexity index is 1100. The van der Waals surface area contributed by atoms with Crippen LogP contribution in [0.3, 0.4) is 0 Å². The van der Waals surface area contributed by atoms with Crippen molar-refractivity contribution in [2.75, 3.05) is 23.7 Å². The lowest BCUT2D eigenvalue weighted by molar-refractivity contribution is 0.0989. The summed E-state index contributed by atoms with van der Waals surface area (Å²) in [6, 6.07) is 8.34. The first-order valence-corrected chi connectivity index (χ1v) is 10.1. The zero-order valence-electron chi connectivity index (χ0n) is 16.9. The number of halogens is 2. The number of piperidine rings is 1. The van der Waals surface area contributed by atoms with Gasteiger partial charge in [0, 0.05) is 49.2 Å². The lowest BCUT2D eigenvalue weighted by Gasteiger charge is -2.33. The van der Waals surface area contributed by atoms with E-state index >= 15 is 0 Å². The predicted molar refractivity (Wildman–Crippen MR) is 116 cm³/mol. The normalized spacial score (nSPS) is 16.4. The first-order chi connectivity index (χ1) is 14.9. The molecule has 1 aliphatic heterocycles. The molecule has 0 aliphatic carbocycles. The molecule has 0 spiro atoms. The summed E-state index contributed by atoms with van der Waals surface area (Å²) in [6.07, 6.45) is 5.27. The number of hydrogen-bond donors (Lipinski definition) is 2. The number of Topliss-reactive ketones (excluding diaryl/α,β-unsaturated/α-hetero) is 1. The number of carbonyl (C=O) groups excluding carboxylic acids is 1. The number of nitrogens with two attached hydrogens (primary N) is 2. The Hall–Kier alpha value is -3.39. The highest BCUT2D eigenvalue weighted by Crippen LogP contribution is 2.28. The molecule has 0 unspecified atom stereocenters. The Morgan fingerprint density at radius 3 is 2.68 bits per heavy atom. The highest BCUT2D eigenvalue weighted by atomic mass is 19.1. The second-order valence-electron chi connectivity index (χ2n) is 7.68. The fraction of sp³-hybridized carbons (Fsp3) is 0.261. The zero-order chi connectivity index (χ0) is 22.0. The van der Waals surface area contributed by atoms with Gasteiger partial charge in [-0.15, -0.1) is 0 Å². The second-order valence-corrected chi connectivity index (χ2v) is 7.68. The number of carbonyl (C=O) groups is 1. The summed E-state index contributed by atoms with van der Waals surface area (Å²) in [5.41, 5.74) is 13.6. The third kappa shape index (κ3) is 4.39. The van der Waals surface area contributed by atoms with Gasteiger partial charge in [0.25, 0.3) is 0 Å². The zero-order valence-corrected chi connectivity index (χ0v) is 16.9. The maximum absolute atomic E-state index is 14.2. The molecule has 1 aliphatic rings. The smallest absolute Gasteiger partial charge is 0.187 e. The molecule has 1 atom stereocenters. The minimum atomic E-state index is -0.758. The SMILES string of the molecule is Nc1ccc(-c2c(F)cccc2F)nc1C(=O)Cc1cnccc1N1CCC[C@H](N)C1. The van der Waals surface area contributed by atoms with Gasteiger partial charge >= 0.3 is 0 Å². The van der Waals surface area contributed by atoms with E-state index in [1.54, 1.807) is 12.4 Å². The molecule has 0 amide bonds. The Labute approximate surface area is 178 Å². The van der Waals surface area contributed by atoms with Crippen molar-refractivity contribution in [1.82, 2.24) is 9.97 Å². The largest absolute Gasteiger partial charge is 0.397 e. The number of aromatic nitrogens is 2. The van der Waals surface area contributed by atoms with Crippen molar-refractivity contribution >= 4 is 17.2 Å². The summed E-state index contributed by atoms with van der Waals surface area (Å²) in [6.45, 7) is 1.55. The Balaban J connectivity index is 1.65. The van der Waals surface area contributed by atoms with Crippen molar-refractivity contribution < 1.29 is 13.6 Å². The molecule has 0 saturated carbocycles. The third-order valence-electron chi connectivity index (χ3n) is 5.44. The molecule has 6 nitrogen and oxygen atoms in total. The monoisotopic (exact) mass is 423 g/mol. The molecule has 4 rings (SSSR count). The second kappa shape index (κ2) is 8.77. The van der Waals surface area contributed by atoms with Crippen molar-refractivity contribution in [2.24, 2.45) is 5.73 Å². The minimum Gasteiger partial charge on any atom is -0.397 e. The van der Waals surface area contributed by atoms with E-state index < -0.39 is 11.6 Å². The fourth-order valence-corrected chi connectivity index (χ4v) is 3.93. The van der Waals surface area contributed by atoms with Crippen LogP contribution in [0, 0.1) is 11.6 Å². The van der Waals surface area contributed by atoms with Gasteiger partial charge in [-0.1, -0.05) is 6.07 Å². The van der Waals surface area contributed by atoms with Crippen LogP contribution in [0.5, 0.6) is 0 Å². The number of benzene rings is 1. The standard InChI is InChI=1S/C23H23F2N5O/c24-16-4-1-5-17(25)22(16)19-7-6-18(27)23(29-19)21(31)11-14-12-28-9-8-20(14)30-10-2-3-15(26)13-30/h1,4-9,12,15H,2-3,10-11,13,26-27H2/t15-/m0/s1. The predicted octanol–water partition coefficient (Wildman–Crippen LogP) is 3.36. The molecule has 0 radical (unpaired) electrons. The molecule has 1 saturated heterocycles. The summed E-state index contributed by atoms with van der Waals surface area (Å²) in [5, 5.41) is 0. The molecule has 1 aromatic carbocycles. The molecule has 0 bridgehead atoms. The molecule has 31 heavy (non-hydrogen) atoms. The Morgan fingerprint density at radius 2 is 1.94 bits per heavy atom. The lowest BCUT2D eigenvalue weighted by Crippen LogP contribution is -2.43. The molecule has 3 aromatic rings. The van der Waals surface area contributed by atoms with Gasteiger partial charge in [-0.25, -0.2) is 13.8 Å². The maximum atomic E-state index is 14.2. The van der Waals surface area contributed by atoms with Gasteiger partial charge in [0.1, 0.15) is 17.3 Å². The lowest BCUT2D eigenvalue weighted by atomic mass is 10.0. The van der Waals surface area contributed by atoms with E-state index in [4.69, 9.17) is 11.5 Å². The highest BCUT2D eigenvalue weighted by molar-refractivity contribution is 6.01. The van der Waals surface area contributed by atoms with Crippen LogP contribution in [0.2, 0.25) is 0 Å². The van der Waals surface area contributed by atoms with Crippen LogP contribution in [0.1, 0.15) is 28.9 Å². The Morgan fingerprint density at radius 1 is 1.16 bits per heavy atom. The average Bonchev–Trinajstić information content (AvgIpc) is 2.75. The molecule has 2 aromatic heterocycles. The van der Waals surface area contributed by atoms with E-state index in [-0.39, 0.29) is 40.9 Å². The first kappa shape index (κ1) is 20.9. The molecule has 160 valence electrons. The van der Waals surface area contributed by atoms with E-state index in [0.29, 0.717) is 6.54 Å². The summed E-state index contributed by atoms with van der Waals surface area (Å²) in [4.78, 5) is 23.6. The maximum Gasteiger partial charge on any atom is 0.187 e. The van der Waals surface area contributed by atoms with Crippen LogP contribution in [0.25, 0.3) is 11.3 Å². The van der Waals surface area contributed by atoms with Crippen molar-refractivity contribution in [1.29, 1.82) is 0 Å². The van der Waals surface area contributed by atoms with E-state index in [1.165, 1.54) is 18.2 Å². The molecular formula is C23H23F2N5O. The van der Waals surface area contributed by atoms with Crippen LogP contribution in [-0.2, 0) is 6.42 Å². The van der Waals surface area contributed by atoms with Gasteiger partial charge in [0.15, 0.2) is 5.78 Å². The average molecular weight is 423 g/mol. The van der Waals surface area contributed by atoms with Gasteiger partial charge in [0.2, 0.25) is 0 Å². The first-order valence-electron chi connectivity index (χ1n) is 10.1. The molecular weight excluding hydrogens is 400 g/mol. The van der Waals surface area contributed by atoms with Crippen molar-refractivity contribution in [2.45, 2.75) is 25.3 Å². The number of anilines is 2. The van der Waals surface area contributed by atoms with Crippen LogP contribution >= 0.6 is 0 Å². The Kier molecular flexibility index (Phi) is 5.90. The highest BCUT2D eigenvalue weighted by Gasteiger charge is 2.22. The van der Waals surface area contributed by atoms with Crippen LogP contribution in [0.15, 0.2) is 48.8 Å². The number of ketones is 1. The molecule has 1 fully saturated rings. The van der Waals surface area contributed by atoms with Crippen LogP contribution < -0.4 is 16.4 Å². The number of nitrogens with zero attached hydrogens (tertiary/aromatic N) is 3. The van der Waals surface area contributed by atoms with Gasteiger partial charge in [-0.2, -0.15) is 0 Å². The van der Waals surface area contributed by atoms with E-state index in [1.807, 2.05) is 6.07 Å². The molecule has 4 N–H and O–H groups in total. The van der Waals surface area contributed by atoms with E-state index in [2.05, 4.69) is 14.9 Å². The van der Waals surface area contributed by atoms with Gasteiger partial charge < -0.3 is 16.4 Å².